The van der Waals surface area contributed by atoms with Gasteiger partial charge in [-0.05, 0) is 73.2 Å². The number of aldehydes is 2. The van der Waals surface area contributed by atoms with Crippen LogP contribution in [-0.4, -0.2) is 53.3 Å². The lowest BCUT2D eigenvalue weighted by molar-refractivity contribution is -0.113. The van der Waals surface area contributed by atoms with Crippen LogP contribution in [0.4, 0.5) is 11.5 Å². The average molecular weight is 524 g/mol. The minimum absolute atomic E-state index is 0.221. The van der Waals surface area contributed by atoms with Gasteiger partial charge in [0.1, 0.15) is 18.1 Å². The van der Waals surface area contributed by atoms with E-state index in [-0.39, 0.29) is 6.42 Å². The number of fused-ring (bicyclic) bond motifs is 2. The van der Waals surface area contributed by atoms with Crippen LogP contribution in [0.15, 0.2) is 48.5 Å². The highest BCUT2D eigenvalue weighted by Gasteiger charge is 2.26. The van der Waals surface area contributed by atoms with E-state index in [4.69, 9.17) is 4.98 Å². The summed E-state index contributed by atoms with van der Waals surface area (Å²) >= 11 is 0. The van der Waals surface area contributed by atoms with Gasteiger partial charge < -0.3 is 19.4 Å². The smallest absolute Gasteiger partial charge is 0.214 e. The van der Waals surface area contributed by atoms with Crippen molar-refractivity contribution in [2.75, 3.05) is 22.9 Å². The Bertz CT molecular complexity index is 1510. The quantitative estimate of drug-likeness (QED) is 0.272. The first-order valence-electron chi connectivity index (χ1n) is 13.6. The summed E-state index contributed by atoms with van der Waals surface area (Å²) in [5.41, 5.74) is 5.71. The molecule has 1 aliphatic rings. The molecule has 4 aromatic rings. The molecule has 0 aliphatic carbocycles. The predicted molar refractivity (Wildman–Crippen MR) is 153 cm³/mol. The molecule has 200 valence electrons. The molecule has 1 saturated heterocycles. The molecule has 0 bridgehead atoms. The van der Waals surface area contributed by atoms with Gasteiger partial charge >= 0.3 is 0 Å². The van der Waals surface area contributed by atoms with Crippen molar-refractivity contribution >= 4 is 52.3 Å². The van der Waals surface area contributed by atoms with E-state index in [1.54, 1.807) is 0 Å². The molecule has 1 fully saturated rings. The number of carbonyl (C=O) groups excluding carboxylic acids is 3. The lowest BCUT2D eigenvalue weighted by Crippen LogP contribution is -2.36. The summed E-state index contributed by atoms with van der Waals surface area (Å²) in [7, 11) is 0. The zero-order valence-electron chi connectivity index (χ0n) is 22.4. The monoisotopic (exact) mass is 523 g/mol. The third kappa shape index (κ3) is 5.24. The highest BCUT2D eigenvalue weighted by atomic mass is 16.1. The first-order valence-corrected chi connectivity index (χ1v) is 13.6. The zero-order valence-corrected chi connectivity index (χ0v) is 22.4. The molecule has 39 heavy (non-hydrogen) atoms. The Morgan fingerprint density at radius 3 is 2.56 bits per heavy atom. The van der Waals surface area contributed by atoms with E-state index < -0.39 is 6.04 Å². The van der Waals surface area contributed by atoms with Crippen LogP contribution in [-0.2, 0) is 20.8 Å². The number of benzene rings is 2. The number of anilines is 2. The molecule has 0 saturated carbocycles. The molecule has 5 rings (SSSR count). The second kappa shape index (κ2) is 11.7. The van der Waals surface area contributed by atoms with Crippen molar-refractivity contribution in [3.8, 4) is 0 Å². The molecular formula is C31H33N5O3. The van der Waals surface area contributed by atoms with E-state index in [0.29, 0.717) is 24.4 Å². The van der Waals surface area contributed by atoms with Crippen LogP contribution in [0.2, 0.25) is 0 Å². The molecule has 0 radical (unpaired) electrons. The van der Waals surface area contributed by atoms with Crippen LogP contribution >= 0.6 is 0 Å². The van der Waals surface area contributed by atoms with Crippen molar-refractivity contribution in [2.45, 2.75) is 57.9 Å². The van der Waals surface area contributed by atoms with Crippen LogP contribution in [0.3, 0.4) is 0 Å². The van der Waals surface area contributed by atoms with Crippen LogP contribution in [0.25, 0.3) is 21.8 Å². The number of nitrogens with zero attached hydrogens (tertiary/aromatic N) is 5. The first kappa shape index (κ1) is 26.4. The number of rotatable bonds is 10. The molecule has 2 aromatic heterocycles. The van der Waals surface area contributed by atoms with Gasteiger partial charge in [-0.1, -0.05) is 31.2 Å². The van der Waals surface area contributed by atoms with Gasteiger partial charge in [0, 0.05) is 36.7 Å². The van der Waals surface area contributed by atoms with E-state index in [9.17, 15) is 14.4 Å². The largest absolute Gasteiger partial charge is 0.355 e. The van der Waals surface area contributed by atoms with E-state index >= 15 is 0 Å². The predicted octanol–water partition coefficient (Wildman–Crippen LogP) is 4.94. The molecule has 2 aromatic carbocycles. The van der Waals surface area contributed by atoms with E-state index in [2.05, 4.69) is 34.2 Å². The van der Waals surface area contributed by atoms with Gasteiger partial charge in [-0.15, -0.1) is 10.2 Å². The van der Waals surface area contributed by atoms with Gasteiger partial charge in [-0.25, -0.2) is 0 Å². The van der Waals surface area contributed by atoms with Crippen LogP contribution < -0.4 is 9.80 Å². The molecule has 0 N–H and O–H groups in total. The van der Waals surface area contributed by atoms with Crippen LogP contribution in [0.1, 0.15) is 55.3 Å². The fraction of sp³-hybridized carbons (Fsp3) is 0.355. The van der Waals surface area contributed by atoms with Crippen molar-refractivity contribution in [1.82, 2.24) is 15.2 Å². The minimum atomic E-state index is -0.685. The Morgan fingerprint density at radius 1 is 1.03 bits per heavy atom. The Hall–Kier alpha value is -4.20. The lowest BCUT2D eigenvalue weighted by atomic mass is 9.85. The average Bonchev–Trinajstić information content (AvgIpc) is 2.98. The number of pyridine rings is 1. The van der Waals surface area contributed by atoms with Gasteiger partial charge in [0.05, 0.1) is 17.2 Å². The summed E-state index contributed by atoms with van der Waals surface area (Å²) in [6.45, 7) is 5.83. The Kier molecular flexibility index (Phi) is 7.91. The molecule has 8 heteroatoms. The second-order valence-corrected chi connectivity index (χ2v) is 10.2. The second-order valence-electron chi connectivity index (χ2n) is 10.2. The van der Waals surface area contributed by atoms with Gasteiger partial charge in [-0.2, -0.15) is 0 Å². The highest BCUT2D eigenvalue weighted by molar-refractivity contribution is 6.03. The normalized spacial score (nSPS) is 14.9. The summed E-state index contributed by atoms with van der Waals surface area (Å²) in [5.74, 6) is 1.20. The van der Waals surface area contributed by atoms with Crippen molar-refractivity contribution < 1.29 is 14.4 Å². The van der Waals surface area contributed by atoms with Gasteiger partial charge in [0.2, 0.25) is 6.41 Å². The number of hydrogen-bond donors (Lipinski definition) is 0. The molecule has 8 nitrogen and oxygen atoms in total. The number of piperidine rings is 1. The van der Waals surface area contributed by atoms with Gasteiger partial charge in [-0.3, -0.25) is 9.78 Å². The highest BCUT2D eigenvalue weighted by Crippen LogP contribution is 2.39. The van der Waals surface area contributed by atoms with E-state index in [1.165, 1.54) is 10.5 Å². The van der Waals surface area contributed by atoms with Crippen molar-refractivity contribution in [1.29, 1.82) is 0 Å². The molecule has 1 amide bonds. The van der Waals surface area contributed by atoms with Crippen molar-refractivity contribution in [3.05, 3.63) is 65.4 Å². The molecule has 0 spiro atoms. The first-order chi connectivity index (χ1) is 19.1. The van der Waals surface area contributed by atoms with Gasteiger partial charge in [0.25, 0.3) is 0 Å². The summed E-state index contributed by atoms with van der Waals surface area (Å²) in [6.07, 6.45) is 5.54. The van der Waals surface area contributed by atoms with Crippen LogP contribution in [0.5, 0.6) is 0 Å². The Morgan fingerprint density at radius 2 is 1.85 bits per heavy atom. The van der Waals surface area contributed by atoms with Crippen molar-refractivity contribution in [3.63, 3.8) is 0 Å². The van der Waals surface area contributed by atoms with E-state index in [0.717, 1.165) is 83.8 Å². The Balaban J connectivity index is 1.42. The maximum absolute atomic E-state index is 12.2. The third-order valence-corrected chi connectivity index (χ3v) is 7.85. The summed E-state index contributed by atoms with van der Waals surface area (Å²) in [5, 5.41) is 11.0. The molecule has 3 heterocycles. The zero-order chi connectivity index (χ0) is 27.4. The number of aromatic nitrogens is 3. The molecule has 1 unspecified atom stereocenters. The fourth-order valence-corrected chi connectivity index (χ4v) is 5.71. The maximum atomic E-state index is 12.2. The SMILES string of the molecule is CCc1ccc2nnc(N3CCC(c4ccc(N(C=O)C(C=O)CCC=O)c5c(C)cccc45)CC3)cc2n1. The lowest BCUT2D eigenvalue weighted by Gasteiger charge is -2.34. The van der Waals surface area contributed by atoms with E-state index in [1.807, 2.05) is 43.3 Å². The maximum Gasteiger partial charge on any atom is 0.214 e. The molecule has 1 atom stereocenters. The van der Waals surface area contributed by atoms with Gasteiger partial charge in [0.15, 0.2) is 5.82 Å². The Labute approximate surface area is 228 Å². The number of amides is 1. The number of carbonyl (C=O) groups is 3. The number of hydrogen-bond acceptors (Lipinski definition) is 7. The third-order valence-electron chi connectivity index (χ3n) is 7.85. The molecule has 1 aliphatic heterocycles. The summed E-state index contributed by atoms with van der Waals surface area (Å²) in [4.78, 5) is 43.4. The summed E-state index contributed by atoms with van der Waals surface area (Å²) in [6, 6.07) is 15.5. The van der Waals surface area contributed by atoms with Crippen LogP contribution in [0, 0.1) is 6.92 Å². The molecular weight excluding hydrogens is 490 g/mol. The fourth-order valence-electron chi connectivity index (χ4n) is 5.71. The van der Waals surface area contributed by atoms with Crippen molar-refractivity contribution in [2.24, 2.45) is 0 Å². The minimum Gasteiger partial charge on any atom is -0.355 e. The standard InChI is InChI=1S/C31H33N5O3/c1-3-23-9-11-27-28(32-23)18-30(34-33-27)35-15-13-22(14-16-35)25-10-12-29(31-21(2)6-4-8-26(25)31)36(20-39)24(19-38)7-5-17-37/h4,6,8-12,17-20,22,24H,3,5,7,13-16H2,1-2H3. The number of aryl methyl sites for hydroxylation is 2. The summed E-state index contributed by atoms with van der Waals surface area (Å²) < 4.78 is 0. The topological polar surface area (TPSA) is 96.4 Å².